The predicted molar refractivity (Wildman–Crippen MR) is 84.8 cm³/mol. The van der Waals surface area contributed by atoms with Crippen LogP contribution in [-0.2, 0) is 4.79 Å². The number of thiazole rings is 1. The van der Waals surface area contributed by atoms with E-state index < -0.39 is 0 Å². The molecule has 0 aliphatic carbocycles. The average molecular weight is 309 g/mol. The molecule has 2 aliphatic heterocycles. The van der Waals surface area contributed by atoms with Gasteiger partial charge >= 0.3 is 0 Å². The van der Waals surface area contributed by atoms with Crippen LogP contribution in [0.15, 0.2) is 11.6 Å². The van der Waals surface area contributed by atoms with Crippen molar-refractivity contribution in [2.24, 2.45) is 0 Å². The van der Waals surface area contributed by atoms with Crippen LogP contribution < -0.4 is 10.2 Å². The van der Waals surface area contributed by atoms with Gasteiger partial charge in [0.15, 0.2) is 5.13 Å². The summed E-state index contributed by atoms with van der Waals surface area (Å²) in [7, 11) is 0. The molecule has 3 rings (SSSR count). The summed E-state index contributed by atoms with van der Waals surface area (Å²) in [5.41, 5.74) is 0. The second-order valence-electron chi connectivity index (χ2n) is 5.56. The van der Waals surface area contributed by atoms with E-state index in [2.05, 4.69) is 20.1 Å². The molecule has 7 heteroatoms. The zero-order chi connectivity index (χ0) is 14.5. The van der Waals surface area contributed by atoms with E-state index in [1.807, 2.05) is 16.5 Å². The summed E-state index contributed by atoms with van der Waals surface area (Å²) < 4.78 is 0. The number of carbonyl (C=O) groups excluding carboxylic acids is 1. The lowest BCUT2D eigenvalue weighted by molar-refractivity contribution is -0.132. The Morgan fingerprint density at radius 3 is 2.81 bits per heavy atom. The van der Waals surface area contributed by atoms with Crippen LogP contribution in [0.4, 0.5) is 5.13 Å². The normalized spacial score (nSPS) is 21.3. The van der Waals surface area contributed by atoms with Crippen LogP contribution in [0.25, 0.3) is 0 Å². The standard InChI is InChI=1S/C14H23N5OS/c20-13(12-17-5-1-2-15-3-6-17)18-7-9-19(10-8-18)14-16-4-11-21-14/h4,11,15H,1-3,5-10,12H2. The van der Waals surface area contributed by atoms with E-state index in [0.717, 1.165) is 63.9 Å². The van der Waals surface area contributed by atoms with Crippen molar-refractivity contribution in [1.29, 1.82) is 0 Å². The van der Waals surface area contributed by atoms with Crippen molar-refractivity contribution in [3.8, 4) is 0 Å². The Morgan fingerprint density at radius 2 is 2.05 bits per heavy atom. The number of hydrogen-bond donors (Lipinski definition) is 1. The van der Waals surface area contributed by atoms with Crippen molar-refractivity contribution in [2.75, 3.05) is 63.8 Å². The molecule has 0 saturated carbocycles. The van der Waals surface area contributed by atoms with Crippen molar-refractivity contribution in [3.05, 3.63) is 11.6 Å². The van der Waals surface area contributed by atoms with Gasteiger partial charge in [-0.2, -0.15) is 0 Å². The summed E-state index contributed by atoms with van der Waals surface area (Å²) in [4.78, 5) is 23.3. The van der Waals surface area contributed by atoms with Gasteiger partial charge in [-0.05, 0) is 19.5 Å². The maximum atomic E-state index is 12.4. The highest BCUT2D eigenvalue weighted by Gasteiger charge is 2.23. The molecule has 0 spiro atoms. The molecule has 1 aromatic rings. The van der Waals surface area contributed by atoms with Crippen LogP contribution in [0.2, 0.25) is 0 Å². The second kappa shape index (κ2) is 7.20. The Balaban J connectivity index is 1.46. The summed E-state index contributed by atoms with van der Waals surface area (Å²) >= 11 is 1.67. The molecule has 3 heterocycles. The van der Waals surface area contributed by atoms with Crippen molar-refractivity contribution in [2.45, 2.75) is 6.42 Å². The number of carbonyl (C=O) groups is 1. The van der Waals surface area contributed by atoms with Gasteiger partial charge in [-0.15, -0.1) is 11.3 Å². The number of amides is 1. The summed E-state index contributed by atoms with van der Waals surface area (Å²) in [5.74, 6) is 0.274. The Labute approximate surface area is 129 Å². The van der Waals surface area contributed by atoms with Gasteiger partial charge in [0.1, 0.15) is 0 Å². The molecule has 2 fully saturated rings. The molecule has 0 bridgehead atoms. The molecule has 1 aromatic heterocycles. The molecule has 6 nitrogen and oxygen atoms in total. The summed E-state index contributed by atoms with van der Waals surface area (Å²) in [6, 6.07) is 0. The Kier molecular flexibility index (Phi) is 5.05. The molecule has 1 N–H and O–H groups in total. The van der Waals surface area contributed by atoms with Gasteiger partial charge in [-0.1, -0.05) is 0 Å². The van der Waals surface area contributed by atoms with Crippen LogP contribution in [0, 0.1) is 0 Å². The number of rotatable bonds is 3. The topological polar surface area (TPSA) is 51.7 Å². The van der Waals surface area contributed by atoms with Gasteiger partial charge in [0, 0.05) is 50.8 Å². The van der Waals surface area contributed by atoms with E-state index in [9.17, 15) is 4.79 Å². The molecule has 2 saturated heterocycles. The molecule has 2 aliphatic rings. The number of nitrogens with one attached hydrogen (secondary N) is 1. The van der Waals surface area contributed by atoms with Crippen molar-refractivity contribution >= 4 is 22.4 Å². The van der Waals surface area contributed by atoms with E-state index >= 15 is 0 Å². The van der Waals surface area contributed by atoms with Crippen molar-refractivity contribution in [3.63, 3.8) is 0 Å². The molecular formula is C14H23N5OS. The third-order valence-corrected chi connectivity index (χ3v) is 4.95. The first-order valence-corrected chi connectivity index (χ1v) is 8.56. The van der Waals surface area contributed by atoms with Crippen LogP contribution in [0.1, 0.15) is 6.42 Å². The fraction of sp³-hybridized carbons (Fsp3) is 0.714. The van der Waals surface area contributed by atoms with E-state index in [-0.39, 0.29) is 5.91 Å². The van der Waals surface area contributed by atoms with E-state index in [1.54, 1.807) is 11.3 Å². The maximum absolute atomic E-state index is 12.4. The lowest BCUT2D eigenvalue weighted by Crippen LogP contribution is -2.51. The van der Waals surface area contributed by atoms with Crippen molar-refractivity contribution in [1.82, 2.24) is 20.1 Å². The third-order valence-electron chi connectivity index (χ3n) is 4.11. The molecule has 0 atom stereocenters. The van der Waals surface area contributed by atoms with Gasteiger partial charge in [0.05, 0.1) is 6.54 Å². The van der Waals surface area contributed by atoms with Crippen LogP contribution >= 0.6 is 11.3 Å². The Morgan fingerprint density at radius 1 is 1.19 bits per heavy atom. The molecule has 0 aromatic carbocycles. The Bertz CT molecular complexity index is 436. The zero-order valence-electron chi connectivity index (χ0n) is 12.3. The fourth-order valence-electron chi connectivity index (χ4n) is 2.87. The van der Waals surface area contributed by atoms with Crippen LogP contribution in [0.5, 0.6) is 0 Å². The molecule has 1 amide bonds. The predicted octanol–water partition coefficient (Wildman–Crippen LogP) is 0.0870. The first-order valence-electron chi connectivity index (χ1n) is 7.68. The van der Waals surface area contributed by atoms with E-state index in [1.165, 1.54) is 0 Å². The minimum atomic E-state index is 0.274. The van der Waals surface area contributed by atoms with Crippen LogP contribution in [-0.4, -0.2) is 79.6 Å². The van der Waals surface area contributed by atoms with Gasteiger partial charge in [-0.25, -0.2) is 4.98 Å². The number of nitrogens with zero attached hydrogens (tertiary/aromatic N) is 4. The number of anilines is 1. The quantitative estimate of drug-likeness (QED) is 0.857. The lowest BCUT2D eigenvalue weighted by Gasteiger charge is -2.35. The number of piperazine rings is 1. The van der Waals surface area contributed by atoms with Gasteiger partial charge < -0.3 is 15.1 Å². The molecule has 0 unspecified atom stereocenters. The summed E-state index contributed by atoms with van der Waals surface area (Å²) in [5, 5.41) is 6.44. The van der Waals surface area contributed by atoms with Gasteiger partial charge in [-0.3, -0.25) is 9.69 Å². The first-order chi connectivity index (χ1) is 10.3. The number of hydrogen-bond acceptors (Lipinski definition) is 6. The maximum Gasteiger partial charge on any atom is 0.236 e. The van der Waals surface area contributed by atoms with Gasteiger partial charge in [0.25, 0.3) is 0 Å². The second-order valence-corrected chi connectivity index (χ2v) is 6.44. The molecular weight excluding hydrogens is 286 g/mol. The lowest BCUT2D eigenvalue weighted by atomic mass is 10.3. The van der Waals surface area contributed by atoms with E-state index in [0.29, 0.717) is 6.54 Å². The highest BCUT2D eigenvalue weighted by atomic mass is 32.1. The Hall–Kier alpha value is -1.18. The monoisotopic (exact) mass is 309 g/mol. The molecule has 0 radical (unpaired) electrons. The smallest absolute Gasteiger partial charge is 0.236 e. The largest absolute Gasteiger partial charge is 0.345 e. The summed E-state index contributed by atoms with van der Waals surface area (Å²) in [6.07, 6.45) is 2.97. The SMILES string of the molecule is O=C(CN1CCCNCC1)N1CCN(c2nccs2)CC1. The minimum Gasteiger partial charge on any atom is -0.345 e. The molecule has 116 valence electrons. The molecule has 21 heavy (non-hydrogen) atoms. The zero-order valence-corrected chi connectivity index (χ0v) is 13.1. The summed E-state index contributed by atoms with van der Waals surface area (Å²) in [6.45, 7) is 8.03. The third kappa shape index (κ3) is 3.93. The van der Waals surface area contributed by atoms with Crippen molar-refractivity contribution < 1.29 is 4.79 Å². The highest BCUT2D eigenvalue weighted by molar-refractivity contribution is 7.13. The number of aromatic nitrogens is 1. The van der Waals surface area contributed by atoms with E-state index in [4.69, 9.17) is 0 Å². The average Bonchev–Trinajstić information content (AvgIpc) is 2.93. The minimum absolute atomic E-state index is 0.274. The highest BCUT2D eigenvalue weighted by Crippen LogP contribution is 2.18. The van der Waals surface area contributed by atoms with Crippen LogP contribution in [0.3, 0.4) is 0 Å². The first kappa shape index (κ1) is 14.7. The fourth-order valence-corrected chi connectivity index (χ4v) is 3.57. The van der Waals surface area contributed by atoms with Gasteiger partial charge in [0.2, 0.25) is 5.91 Å².